The minimum absolute atomic E-state index is 0.851. The molecule has 0 amide bonds. The highest BCUT2D eigenvalue weighted by molar-refractivity contribution is 5.83. The zero-order valence-electron chi connectivity index (χ0n) is 12.9. The molecule has 3 aromatic rings. The monoisotopic (exact) mass is 282 g/mol. The maximum Gasteiger partial charge on any atom is 0.0645 e. The van der Waals surface area contributed by atoms with Crippen LogP contribution in [0.5, 0.6) is 0 Å². The molecule has 4 heteroatoms. The molecule has 0 radical (unpaired) electrons. The molecule has 0 bridgehead atoms. The smallest absolute Gasteiger partial charge is 0.0645 e. The first-order valence-corrected chi connectivity index (χ1v) is 7.46. The minimum Gasteiger partial charge on any atom is -0.341 e. The quantitative estimate of drug-likeness (QED) is 0.781. The summed E-state index contributed by atoms with van der Waals surface area (Å²) in [7, 11) is 2.01. The standard InChI is InChI=1S/C17H22N4/c1-4-18-11-15-7-5-6-14-8-9-21(17(14)15)12-16-10-13(2)19-20(16)3/h5-10,18H,4,11-12H2,1-3H3. The highest BCUT2D eigenvalue weighted by atomic mass is 15.3. The van der Waals surface area contributed by atoms with Gasteiger partial charge < -0.3 is 9.88 Å². The van der Waals surface area contributed by atoms with Gasteiger partial charge in [0.25, 0.3) is 0 Å². The van der Waals surface area contributed by atoms with Crippen LogP contribution in [0, 0.1) is 6.92 Å². The largest absolute Gasteiger partial charge is 0.341 e. The highest BCUT2D eigenvalue weighted by Crippen LogP contribution is 2.21. The Morgan fingerprint density at radius 2 is 2.10 bits per heavy atom. The van der Waals surface area contributed by atoms with E-state index in [9.17, 15) is 0 Å². The molecule has 0 fully saturated rings. The van der Waals surface area contributed by atoms with Crippen LogP contribution in [0.4, 0.5) is 0 Å². The fourth-order valence-corrected chi connectivity index (χ4v) is 2.86. The Labute approximate surface area is 125 Å². The molecule has 0 aliphatic carbocycles. The Kier molecular flexibility index (Phi) is 3.80. The van der Waals surface area contributed by atoms with Gasteiger partial charge in [-0.15, -0.1) is 0 Å². The number of hydrogen-bond acceptors (Lipinski definition) is 2. The van der Waals surface area contributed by atoms with Gasteiger partial charge in [0, 0.05) is 19.8 Å². The van der Waals surface area contributed by atoms with Crippen molar-refractivity contribution in [2.45, 2.75) is 26.9 Å². The second-order valence-electron chi connectivity index (χ2n) is 5.48. The molecule has 0 saturated carbocycles. The first-order chi connectivity index (χ1) is 10.2. The number of fused-ring (bicyclic) bond motifs is 1. The van der Waals surface area contributed by atoms with Crippen LogP contribution in [0.1, 0.15) is 23.9 Å². The summed E-state index contributed by atoms with van der Waals surface area (Å²) in [5.74, 6) is 0. The SMILES string of the molecule is CCNCc1cccc2ccn(Cc3cc(C)nn3C)c12. The zero-order valence-corrected chi connectivity index (χ0v) is 12.9. The van der Waals surface area contributed by atoms with Crippen molar-refractivity contribution in [3.8, 4) is 0 Å². The Morgan fingerprint density at radius 3 is 2.81 bits per heavy atom. The zero-order chi connectivity index (χ0) is 14.8. The number of hydrogen-bond donors (Lipinski definition) is 1. The molecule has 0 saturated heterocycles. The second-order valence-corrected chi connectivity index (χ2v) is 5.48. The third-order valence-corrected chi connectivity index (χ3v) is 3.87. The van der Waals surface area contributed by atoms with E-state index >= 15 is 0 Å². The molecule has 0 spiro atoms. The molecule has 0 aliphatic rings. The topological polar surface area (TPSA) is 34.8 Å². The number of aryl methyl sites for hydroxylation is 2. The molecule has 4 nitrogen and oxygen atoms in total. The van der Waals surface area contributed by atoms with Gasteiger partial charge in [-0.2, -0.15) is 5.10 Å². The molecule has 1 aromatic carbocycles. The molecule has 3 rings (SSSR count). The van der Waals surface area contributed by atoms with Crippen LogP contribution < -0.4 is 5.32 Å². The maximum atomic E-state index is 4.43. The summed E-state index contributed by atoms with van der Waals surface area (Å²) in [6.45, 7) is 6.91. The van der Waals surface area contributed by atoms with E-state index in [1.807, 2.05) is 18.7 Å². The molecule has 0 aliphatic heterocycles. The summed E-state index contributed by atoms with van der Waals surface area (Å²) >= 11 is 0. The number of rotatable bonds is 5. The van der Waals surface area contributed by atoms with Crippen molar-refractivity contribution in [3.63, 3.8) is 0 Å². The van der Waals surface area contributed by atoms with E-state index in [-0.39, 0.29) is 0 Å². The normalized spacial score (nSPS) is 11.4. The number of nitrogens with one attached hydrogen (secondary N) is 1. The molecule has 0 unspecified atom stereocenters. The maximum absolute atomic E-state index is 4.43. The number of benzene rings is 1. The van der Waals surface area contributed by atoms with Crippen molar-refractivity contribution in [1.82, 2.24) is 19.7 Å². The van der Waals surface area contributed by atoms with Gasteiger partial charge in [-0.3, -0.25) is 4.68 Å². The molecule has 110 valence electrons. The third kappa shape index (κ3) is 2.72. The average Bonchev–Trinajstić information content (AvgIpc) is 3.01. The van der Waals surface area contributed by atoms with Gasteiger partial charge in [-0.05, 0) is 36.6 Å². The Balaban J connectivity index is 2.00. The fourth-order valence-electron chi connectivity index (χ4n) is 2.86. The van der Waals surface area contributed by atoms with Crippen LogP contribution >= 0.6 is 0 Å². The van der Waals surface area contributed by atoms with Crippen molar-refractivity contribution < 1.29 is 0 Å². The van der Waals surface area contributed by atoms with Gasteiger partial charge in [0.1, 0.15) is 0 Å². The van der Waals surface area contributed by atoms with Crippen LogP contribution in [0.15, 0.2) is 36.5 Å². The van der Waals surface area contributed by atoms with E-state index < -0.39 is 0 Å². The van der Waals surface area contributed by atoms with Crippen molar-refractivity contribution in [2.75, 3.05) is 6.54 Å². The van der Waals surface area contributed by atoms with Crippen LogP contribution in [-0.4, -0.2) is 20.9 Å². The van der Waals surface area contributed by atoms with Gasteiger partial charge in [0.2, 0.25) is 0 Å². The lowest BCUT2D eigenvalue weighted by atomic mass is 10.1. The third-order valence-electron chi connectivity index (χ3n) is 3.87. The molecule has 2 aromatic heterocycles. The Hall–Kier alpha value is -2.07. The first kappa shape index (κ1) is 13.9. The summed E-state index contributed by atoms with van der Waals surface area (Å²) in [5.41, 5.74) is 4.95. The lowest BCUT2D eigenvalue weighted by molar-refractivity contribution is 0.669. The number of aromatic nitrogens is 3. The Bertz CT molecular complexity index is 751. The van der Waals surface area contributed by atoms with E-state index in [0.29, 0.717) is 0 Å². The highest BCUT2D eigenvalue weighted by Gasteiger charge is 2.09. The lowest BCUT2D eigenvalue weighted by Gasteiger charge is -2.10. The summed E-state index contributed by atoms with van der Waals surface area (Å²) in [6.07, 6.45) is 2.17. The summed E-state index contributed by atoms with van der Waals surface area (Å²) < 4.78 is 4.28. The molecule has 21 heavy (non-hydrogen) atoms. The average molecular weight is 282 g/mol. The molecular formula is C17H22N4. The molecule has 2 heterocycles. The van der Waals surface area contributed by atoms with Gasteiger partial charge in [-0.1, -0.05) is 25.1 Å². The molecular weight excluding hydrogens is 260 g/mol. The second kappa shape index (κ2) is 5.74. The fraction of sp³-hybridized carbons (Fsp3) is 0.353. The van der Waals surface area contributed by atoms with Crippen molar-refractivity contribution >= 4 is 10.9 Å². The number of nitrogens with zero attached hydrogens (tertiary/aromatic N) is 3. The Morgan fingerprint density at radius 1 is 1.24 bits per heavy atom. The van der Waals surface area contributed by atoms with E-state index in [2.05, 4.69) is 58.4 Å². The summed E-state index contributed by atoms with van der Waals surface area (Å²) in [6, 6.07) is 10.9. The van der Waals surface area contributed by atoms with Crippen LogP contribution in [0.2, 0.25) is 0 Å². The van der Waals surface area contributed by atoms with Crippen molar-refractivity contribution in [2.24, 2.45) is 7.05 Å². The number of para-hydroxylation sites is 1. The lowest BCUT2D eigenvalue weighted by Crippen LogP contribution is -2.13. The van der Waals surface area contributed by atoms with Gasteiger partial charge >= 0.3 is 0 Å². The minimum atomic E-state index is 0.851. The van der Waals surface area contributed by atoms with E-state index in [1.165, 1.54) is 22.2 Å². The molecule has 0 atom stereocenters. The van der Waals surface area contributed by atoms with Gasteiger partial charge in [0.15, 0.2) is 0 Å². The van der Waals surface area contributed by atoms with Crippen LogP contribution in [0.25, 0.3) is 10.9 Å². The van der Waals surface area contributed by atoms with Crippen LogP contribution in [-0.2, 0) is 20.1 Å². The van der Waals surface area contributed by atoms with Crippen molar-refractivity contribution in [1.29, 1.82) is 0 Å². The molecule has 1 N–H and O–H groups in total. The van der Waals surface area contributed by atoms with E-state index in [0.717, 1.165) is 25.3 Å². The predicted octanol–water partition coefficient (Wildman–Crippen LogP) is 2.84. The van der Waals surface area contributed by atoms with Crippen molar-refractivity contribution in [3.05, 3.63) is 53.5 Å². The van der Waals surface area contributed by atoms with Gasteiger partial charge in [-0.25, -0.2) is 0 Å². The van der Waals surface area contributed by atoms with Gasteiger partial charge in [0.05, 0.1) is 23.4 Å². The van der Waals surface area contributed by atoms with Crippen LogP contribution in [0.3, 0.4) is 0 Å². The predicted molar refractivity (Wildman–Crippen MR) is 86.4 cm³/mol. The summed E-state index contributed by atoms with van der Waals surface area (Å²) in [5, 5.41) is 9.15. The van der Waals surface area contributed by atoms with E-state index in [4.69, 9.17) is 0 Å². The van der Waals surface area contributed by atoms with E-state index in [1.54, 1.807) is 0 Å². The summed E-state index contributed by atoms with van der Waals surface area (Å²) in [4.78, 5) is 0. The first-order valence-electron chi connectivity index (χ1n) is 7.46.